The molecule has 1 aromatic carbocycles. The Morgan fingerprint density at radius 2 is 1.67 bits per heavy atom. The summed E-state index contributed by atoms with van der Waals surface area (Å²) in [4.78, 5) is 8.03. The number of aromatic nitrogens is 4. The second kappa shape index (κ2) is 4.37. The number of benzene rings is 1. The third-order valence-corrected chi connectivity index (χ3v) is 2.76. The summed E-state index contributed by atoms with van der Waals surface area (Å²) in [6, 6.07) is 8.00. The van der Waals surface area contributed by atoms with E-state index in [0.29, 0.717) is 0 Å². The van der Waals surface area contributed by atoms with Crippen LogP contribution >= 0.6 is 0 Å². The first kappa shape index (κ1) is 10.6. The van der Waals surface area contributed by atoms with Crippen molar-refractivity contribution in [3.63, 3.8) is 0 Å². The third kappa shape index (κ3) is 1.66. The first-order valence-corrected chi connectivity index (χ1v) is 5.58. The van der Waals surface area contributed by atoms with Crippen molar-refractivity contribution in [2.24, 2.45) is 0 Å². The van der Waals surface area contributed by atoms with E-state index >= 15 is 0 Å². The number of nitrogens with zero attached hydrogens (tertiary/aromatic N) is 4. The maximum Gasteiger partial charge on any atom is 0.156 e. The lowest BCUT2D eigenvalue weighted by Crippen LogP contribution is -1.98. The molecule has 0 saturated carbocycles. The van der Waals surface area contributed by atoms with E-state index in [1.807, 2.05) is 31.3 Å². The Labute approximate surface area is 104 Å². The minimum atomic E-state index is 0.770. The van der Waals surface area contributed by atoms with Crippen molar-refractivity contribution < 1.29 is 0 Å². The van der Waals surface area contributed by atoms with Crippen LogP contribution in [0, 0.1) is 0 Å². The van der Waals surface area contributed by atoms with Crippen LogP contribution in [-0.2, 0) is 0 Å². The maximum atomic E-state index is 4.26. The first-order valence-electron chi connectivity index (χ1n) is 5.58. The van der Waals surface area contributed by atoms with Gasteiger partial charge in [0.15, 0.2) is 5.82 Å². The molecule has 88 valence electrons. The van der Waals surface area contributed by atoms with Crippen LogP contribution in [0.4, 0.5) is 5.82 Å². The van der Waals surface area contributed by atoms with E-state index in [9.17, 15) is 0 Å². The third-order valence-electron chi connectivity index (χ3n) is 2.76. The van der Waals surface area contributed by atoms with Gasteiger partial charge >= 0.3 is 0 Å². The average Bonchev–Trinajstić information content (AvgIpc) is 2.47. The minimum Gasteiger partial charge on any atom is -0.371 e. The predicted molar refractivity (Wildman–Crippen MR) is 70.1 cm³/mol. The molecule has 18 heavy (non-hydrogen) atoms. The Bertz CT molecular complexity index is 681. The topological polar surface area (TPSA) is 63.6 Å². The molecule has 0 atom stereocenters. The predicted octanol–water partition coefficient (Wildman–Crippen LogP) is 2.13. The zero-order valence-corrected chi connectivity index (χ0v) is 9.83. The van der Waals surface area contributed by atoms with E-state index in [2.05, 4.69) is 25.5 Å². The molecule has 0 aliphatic rings. The molecule has 0 saturated heterocycles. The average molecular weight is 237 g/mol. The van der Waals surface area contributed by atoms with Gasteiger partial charge in [0.2, 0.25) is 0 Å². The van der Waals surface area contributed by atoms with Crippen molar-refractivity contribution in [3.8, 4) is 11.3 Å². The second-order valence-corrected chi connectivity index (χ2v) is 3.82. The van der Waals surface area contributed by atoms with Crippen LogP contribution in [-0.4, -0.2) is 27.2 Å². The molecular weight excluding hydrogens is 226 g/mol. The summed E-state index contributed by atoms with van der Waals surface area (Å²) in [5.41, 5.74) is 1.66. The fourth-order valence-corrected chi connectivity index (χ4v) is 1.92. The zero-order valence-electron chi connectivity index (χ0n) is 9.83. The number of fused-ring (bicyclic) bond motifs is 1. The molecule has 1 N–H and O–H groups in total. The van der Waals surface area contributed by atoms with E-state index in [1.165, 1.54) is 6.33 Å². The van der Waals surface area contributed by atoms with Crippen LogP contribution in [0.1, 0.15) is 0 Å². The monoisotopic (exact) mass is 237 g/mol. The van der Waals surface area contributed by atoms with Crippen molar-refractivity contribution in [2.45, 2.75) is 0 Å². The smallest absolute Gasteiger partial charge is 0.156 e. The summed E-state index contributed by atoms with van der Waals surface area (Å²) in [7, 11) is 1.84. The highest BCUT2D eigenvalue weighted by atomic mass is 15.2. The lowest BCUT2D eigenvalue weighted by atomic mass is 10.1. The molecular formula is C13H11N5. The van der Waals surface area contributed by atoms with E-state index in [1.54, 1.807) is 12.4 Å². The van der Waals surface area contributed by atoms with E-state index in [-0.39, 0.29) is 0 Å². The fourth-order valence-electron chi connectivity index (χ4n) is 1.92. The summed E-state index contributed by atoms with van der Waals surface area (Å²) in [5, 5.41) is 13.6. The van der Waals surface area contributed by atoms with Crippen LogP contribution in [0.2, 0.25) is 0 Å². The van der Waals surface area contributed by atoms with Crippen molar-refractivity contribution in [2.75, 3.05) is 12.4 Å². The van der Waals surface area contributed by atoms with Gasteiger partial charge < -0.3 is 5.32 Å². The van der Waals surface area contributed by atoms with Gasteiger partial charge in [0.05, 0.1) is 0 Å². The molecule has 3 rings (SSSR count). The number of hydrogen-bond donors (Lipinski definition) is 1. The van der Waals surface area contributed by atoms with Crippen molar-refractivity contribution in [3.05, 3.63) is 43.0 Å². The van der Waals surface area contributed by atoms with Crippen molar-refractivity contribution in [1.29, 1.82) is 0 Å². The van der Waals surface area contributed by atoms with E-state index in [0.717, 1.165) is 27.8 Å². The molecule has 5 nitrogen and oxygen atoms in total. The van der Waals surface area contributed by atoms with Crippen LogP contribution in [0.25, 0.3) is 22.0 Å². The molecule has 0 radical (unpaired) electrons. The summed E-state index contributed by atoms with van der Waals surface area (Å²) in [6.45, 7) is 0. The Kier molecular flexibility index (Phi) is 2.57. The fraction of sp³-hybridized carbons (Fsp3) is 0.0769. The Hall–Kier alpha value is -2.56. The normalized spacial score (nSPS) is 10.5. The molecule has 0 bridgehead atoms. The minimum absolute atomic E-state index is 0.770. The van der Waals surface area contributed by atoms with Gasteiger partial charge in [-0.15, -0.1) is 10.2 Å². The van der Waals surface area contributed by atoms with Gasteiger partial charge in [0, 0.05) is 35.8 Å². The van der Waals surface area contributed by atoms with E-state index < -0.39 is 0 Å². The molecule has 0 spiro atoms. The van der Waals surface area contributed by atoms with Gasteiger partial charge in [-0.05, 0) is 0 Å². The van der Waals surface area contributed by atoms with Gasteiger partial charge in [-0.25, -0.2) is 9.97 Å². The Balaban J connectivity index is 2.32. The second-order valence-electron chi connectivity index (χ2n) is 3.82. The first-order chi connectivity index (χ1) is 8.90. The van der Waals surface area contributed by atoms with Gasteiger partial charge in [0.1, 0.15) is 12.0 Å². The summed E-state index contributed by atoms with van der Waals surface area (Å²) in [5.74, 6) is 0.770. The molecule has 5 heteroatoms. The summed E-state index contributed by atoms with van der Waals surface area (Å²) in [6.07, 6.45) is 4.98. The van der Waals surface area contributed by atoms with E-state index in [4.69, 9.17) is 0 Å². The highest BCUT2D eigenvalue weighted by Gasteiger charge is 2.09. The van der Waals surface area contributed by atoms with Crippen LogP contribution < -0.4 is 5.32 Å². The quantitative estimate of drug-likeness (QED) is 0.739. The standard InChI is InChI=1S/C13H11N5/c1-14-13-11-5-3-2-4-10(11)12(17-18-13)9-6-15-8-16-7-9/h2-8H,1H3,(H,14,18). The molecule has 0 amide bonds. The van der Waals surface area contributed by atoms with Gasteiger partial charge in [-0.3, -0.25) is 0 Å². The lowest BCUT2D eigenvalue weighted by Gasteiger charge is -2.07. The molecule has 2 aromatic heterocycles. The van der Waals surface area contributed by atoms with Crippen LogP contribution in [0.15, 0.2) is 43.0 Å². The summed E-state index contributed by atoms with van der Waals surface area (Å²) < 4.78 is 0. The van der Waals surface area contributed by atoms with Gasteiger partial charge in [-0.1, -0.05) is 24.3 Å². The highest BCUT2D eigenvalue weighted by Crippen LogP contribution is 2.28. The van der Waals surface area contributed by atoms with Gasteiger partial charge in [0.25, 0.3) is 0 Å². The number of rotatable bonds is 2. The molecule has 0 aliphatic heterocycles. The zero-order chi connectivity index (χ0) is 12.4. The SMILES string of the molecule is CNc1nnc(-c2cncnc2)c2ccccc12. The highest BCUT2D eigenvalue weighted by molar-refractivity contribution is 5.99. The molecule has 2 heterocycles. The van der Waals surface area contributed by atoms with Crippen LogP contribution in [0.5, 0.6) is 0 Å². The molecule has 0 unspecified atom stereocenters. The maximum absolute atomic E-state index is 4.26. The largest absolute Gasteiger partial charge is 0.371 e. The summed E-state index contributed by atoms with van der Waals surface area (Å²) >= 11 is 0. The number of hydrogen-bond acceptors (Lipinski definition) is 5. The van der Waals surface area contributed by atoms with Gasteiger partial charge in [-0.2, -0.15) is 0 Å². The molecule has 3 aromatic rings. The van der Waals surface area contributed by atoms with Crippen molar-refractivity contribution >= 4 is 16.6 Å². The van der Waals surface area contributed by atoms with Crippen LogP contribution in [0.3, 0.4) is 0 Å². The molecule has 0 fully saturated rings. The number of anilines is 1. The Morgan fingerprint density at radius 1 is 0.944 bits per heavy atom. The lowest BCUT2D eigenvalue weighted by molar-refractivity contribution is 1.05. The molecule has 0 aliphatic carbocycles. The van der Waals surface area contributed by atoms with Crippen molar-refractivity contribution in [1.82, 2.24) is 20.2 Å². The Morgan fingerprint density at radius 3 is 2.39 bits per heavy atom. The number of nitrogens with one attached hydrogen (secondary N) is 1.